The molecule has 0 spiro atoms. The second-order valence-electron chi connectivity index (χ2n) is 7.41. The van der Waals surface area contributed by atoms with E-state index in [0.29, 0.717) is 28.6 Å². The SMILES string of the molecule is Cn1ncc(Br)c1-c1cc(NC(=O)c2ccc(Cl)cc2)ccc1OCC(C)(C)N. The Morgan fingerprint density at radius 1 is 1.28 bits per heavy atom. The summed E-state index contributed by atoms with van der Waals surface area (Å²) in [5.74, 6) is 0.422. The zero-order valence-electron chi connectivity index (χ0n) is 16.4. The van der Waals surface area contributed by atoms with Crippen molar-refractivity contribution in [1.29, 1.82) is 0 Å². The normalized spacial score (nSPS) is 11.4. The van der Waals surface area contributed by atoms with E-state index >= 15 is 0 Å². The van der Waals surface area contributed by atoms with Gasteiger partial charge < -0.3 is 15.8 Å². The number of benzene rings is 2. The number of hydrogen-bond donors (Lipinski definition) is 2. The third-order valence-electron chi connectivity index (χ3n) is 4.09. The number of ether oxygens (including phenoxy) is 1. The molecular weight excluding hydrogens is 456 g/mol. The van der Waals surface area contributed by atoms with Crippen molar-refractivity contribution in [2.45, 2.75) is 19.4 Å². The van der Waals surface area contributed by atoms with Crippen molar-refractivity contribution < 1.29 is 9.53 Å². The molecule has 0 aliphatic rings. The molecule has 0 saturated carbocycles. The van der Waals surface area contributed by atoms with Crippen molar-refractivity contribution in [2.75, 3.05) is 11.9 Å². The van der Waals surface area contributed by atoms with E-state index in [1.807, 2.05) is 33.0 Å². The van der Waals surface area contributed by atoms with Crippen molar-refractivity contribution in [3.8, 4) is 17.0 Å². The summed E-state index contributed by atoms with van der Waals surface area (Å²) in [6, 6.07) is 12.2. The summed E-state index contributed by atoms with van der Waals surface area (Å²) >= 11 is 9.43. The Hall–Kier alpha value is -2.35. The van der Waals surface area contributed by atoms with Gasteiger partial charge in [-0.15, -0.1) is 0 Å². The van der Waals surface area contributed by atoms with Crippen LogP contribution in [0.5, 0.6) is 5.75 Å². The summed E-state index contributed by atoms with van der Waals surface area (Å²) < 4.78 is 8.54. The maximum absolute atomic E-state index is 12.6. The van der Waals surface area contributed by atoms with Crippen LogP contribution in [-0.4, -0.2) is 27.8 Å². The second-order valence-corrected chi connectivity index (χ2v) is 8.70. The van der Waals surface area contributed by atoms with Gasteiger partial charge in [0, 0.05) is 34.4 Å². The summed E-state index contributed by atoms with van der Waals surface area (Å²) in [7, 11) is 1.84. The molecule has 0 radical (unpaired) electrons. The molecule has 1 aromatic heterocycles. The molecule has 29 heavy (non-hydrogen) atoms. The third-order valence-corrected chi connectivity index (χ3v) is 4.93. The fraction of sp³-hybridized carbons (Fsp3) is 0.238. The molecule has 152 valence electrons. The lowest BCUT2D eigenvalue weighted by atomic mass is 10.1. The van der Waals surface area contributed by atoms with Crippen LogP contribution in [0.1, 0.15) is 24.2 Å². The average Bonchev–Trinajstić information content (AvgIpc) is 2.98. The number of carbonyl (C=O) groups is 1. The molecule has 0 atom stereocenters. The first-order chi connectivity index (χ1) is 13.6. The van der Waals surface area contributed by atoms with Crippen LogP contribution in [-0.2, 0) is 7.05 Å². The number of aryl methyl sites for hydroxylation is 1. The summed E-state index contributed by atoms with van der Waals surface area (Å²) in [6.45, 7) is 4.13. The molecule has 3 N–H and O–H groups in total. The lowest BCUT2D eigenvalue weighted by Gasteiger charge is -2.21. The first kappa shape index (κ1) is 21.4. The van der Waals surface area contributed by atoms with Gasteiger partial charge in [-0.05, 0) is 72.2 Å². The minimum atomic E-state index is -0.484. The number of anilines is 1. The molecule has 8 heteroatoms. The number of rotatable bonds is 6. The summed E-state index contributed by atoms with van der Waals surface area (Å²) in [6.07, 6.45) is 1.71. The molecule has 0 saturated heterocycles. The highest BCUT2D eigenvalue weighted by Crippen LogP contribution is 2.37. The van der Waals surface area contributed by atoms with Gasteiger partial charge in [-0.2, -0.15) is 5.10 Å². The molecule has 2 aromatic carbocycles. The van der Waals surface area contributed by atoms with Gasteiger partial charge in [0.25, 0.3) is 5.91 Å². The second kappa shape index (κ2) is 8.57. The van der Waals surface area contributed by atoms with Crippen molar-refractivity contribution in [2.24, 2.45) is 12.8 Å². The Morgan fingerprint density at radius 3 is 2.55 bits per heavy atom. The van der Waals surface area contributed by atoms with E-state index < -0.39 is 5.54 Å². The largest absolute Gasteiger partial charge is 0.491 e. The Labute approximate surface area is 183 Å². The van der Waals surface area contributed by atoms with Crippen LogP contribution in [0.2, 0.25) is 5.02 Å². The van der Waals surface area contributed by atoms with E-state index in [0.717, 1.165) is 15.7 Å². The van der Waals surface area contributed by atoms with E-state index in [9.17, 15) is 4.79 Å². The highest BCUT2D eigenvalue weighted by Gasteiger charge is 2.19. The minimum Gasteiger partial charge on any atom is -0.491 e. The number of nitrogens with zero attached hydrogens (tertiary/aromatic N) is 2. The van der Waals surface area contributed by atoms with Gasteiger partial charge in [-0.1, -0.05) is 11.6 Å². The fourth-order valence-corrected chi connectivity index (χ4v) is 3.39. The van der Waals surface area contributed by atoms with E-state index in [1.165, 1.54) is 0 Å². The van der Waals surface area contributed by atoms with Gasteiger partial charge >= 0.3 is 0 Å². The number of hydrogen-bond acceptors (Lipinski definition) is 4. The van der Waals surface area contributed by atoms with Gasteiger partial charge in [-0.3, -0.25) is 9.48 Å². The van der Waals surface area contributed by atoms with Crippen LogP contribution in [0.3, 0.4) is 0 Å². The maximum atomic E-state index is 12.6. The molecule has 0 aliphatic heterocycles. The predicted octanol–water partition coefficient (Wildman–Crippen LogP) is 4.87. The summed E-state index contributed by atoms with van der Waals surface area (Å²) in [5, 5.41) is 7.77. The third kappa shape index (κ3) is 5.38. The van der Waals surface area contributed by atoms with E-state index in [1.54, 1.807) is 41.2 Å². The van der Waals surface area contributed by atoms with E-state index in [2.05, 4.69) is 26.3 Å². The van der Waals surface area contributed by atoms with Crippen LogP contribution in [0, 0.1) is 0 Å². The smallest absolute Gasteiger partial charge is 0.255 e. The van der Waals surface area contributed by atoms with Gasteiger partial charge in [-0.25, -0.2) is 0 Å². The molecule has 0 unspecified atom stereocenters. The molecule has 6 nitrogen and oxygen atoms in total. The van der Waals surface area contributed by atoms with Gasteiger partial charge in [0.05, 0.1) is 16.4 Å². The van der Waals surface area contributed by atoms with Crippen LogP contribution >= 0.6 is 27.5 Å². The highest BCUT2D eigenvalue weighted by atomic mass is 79.9. The Morgan fingerprint density at radius 2 is 1.97 bits per heavy atom. The Balaban J connectivity index is 1.94. The van der Waals surface area contributed by atoms with Crippen molar-refractivity contribution in [1.82, 2.24) is 9.78 Å². The number of halogens is 2. The first-order valence-electron chi connectivity index (χ1n) is 8.94. The van der Waals surface area contributed by atoms with E-state index in [4.69, 9.17) is 22.1 Å². The zero-order chi connectivity index (χ0) is 21.2. The number of nitrogens with one attached hydrogen (secondary N) is 1. The lowest BCUT2D eigenvalue weighted by Crippen LogP contribution is -2.38. The number of nitrogens with two attached hydrogens (primary N) is 1. The Kier molecular flexibility index (Phi) is 6.31. The number of amides is 1. The van der Waals surface area contributed by atoms with Gasteiger partial charge in [0.2, 0.25) is 0 Å². The summed E-state index contributed by atoms with van der Waals surface area (Å²) in [5.41, 5.74) is 8.35. The number of aromatic nitrogens is 2. The predicted molar refractivity (Wildman–Crippen MR) is 120 cm³/mol. The van der Waals surface area contributed by atoms with Crippen LogP contribution in [0.4, 0.5) is 5.69 Å². The van der Waals surface area contributed by atoms with Gasteiger partial charge in [0.15, 0.2) is 0 Å². The van der Waals surface area contributed by atoms with Crippen LogP contribution in [0.25, 0.3) is 11.3 Å². The van der Waals surface area contributed by atoms with E-state index in [-0.39, 0.29) is 5.91 Å². The highest BCUT2D eigenvalue weighted by molar-refractivity contribution is 9.10. The van der Waals surface area contributed by atoms with Gasteiger partial charge in [0.1, 0.15) is 12.4 Å². The lowest BCUT2D eigenvalue weighted by molar-refractivity contribution is 0.102. The van der Waals surface area contributed by atoms with Crippen LogP contribution < -0.4 is 15.8 Å². The topological polar surface area (TPSA) is 82.2 Å². The van der Waals surface area contributed by atoms with Crippen molar-refractivity contribution >= 4 is 39.1 Å². The van der Waals surface area contributed by atoms with Crippen molar-refractivity contribution in [3.05, 3.63) is 63.7 Å². The minimum absolute atomic E-state index is 0.228. The molecule has 0 fully saturated rings. The first-order valence-corrected chi connectivity index (χ1v) is 10.1. The molecular formula is C21H22BrClN4O2. The molecule has 0 aliphatic carbocycles. The molecule has 3 aromatic rings. The molecule has 1 heterocycles. The zero-order valence-corrected chi connectivity index (χ0v) is 18.7. The molecule has 1 amide bonds. The monoisotopic (exact) mass is 476 g/mol. The van der Waals surface area contributed by atoms with Crippen molar-refractivity contribution in [3.63, 3.8) is 0 Å². The number of carbonyl (C=O) groups excluding carboxylic acids is 1. The van der Waals surface area contributed by atoms with Crippen LogP contribution in [0.15, 0.2) is 53.1 Å². The standard InChI is InChI=1S/C21H22BrClN4O2/c1-21(2,24)12-29-18-9-8-15(10-16(18)19-17(22)11-25-27(19)3)26-20(28)13-4-6-14(23)7-5-13/h4-11H,12,24H2,1-3H3,(H,26,28). The molecule has 0 bridgehead atoms. The Bertz CT molecular complexity index is 1010. The summed E-state index contributed by atoms with van der Waals surface area (Å²) in [4.78, 5) is 12.6. The maximum Gasteiger partial charge on any atom is 0.255 e. The quantitative estimate of drug-likeness (QED) is 0.530. The molecule has 3 rings (SSSR count). The fourth-order valence-electron chi connectivity index (χ4n) is 2.70. The average molecular weight is 478 g/mol.